The molecule has 0 fully saturated rings. The Balaban J connectivity index is 2.04. The number of hydrogen-bond donors (Lipinski definition) is 1. The first kappa shape index (κ1) is 22.0. The van der Waals surface area contributed by atoms with Crippen LogP contribution in [-0.4, -0.2) is 40.7 Å². The molecule has 0 spiro atoms. The number of rotatable bonds is 7. The van der Waals surface area contributed by atoms with E-state index >= 15 is 0 Å². The van der Waals surface area contributed by atoms with Gasteiger partial charge in [-0.2, -0.15) is 0 Å². The van der Waals surface area contributed by atoms with Crippen molar-refractivity contribution < 1.29 is 23.3 Å². The van der Waals surface area contributed by atoms with Gasteiger partial charge in [0.15, 0.2) is 11.5 Å². The molecule has 2 aromatic heterocycles. The number of Topliss-reactive ketones (excluding diaryl/α,β-unsaturated/α-hetero) is 1. The van der Waals surface area contributed by atoms with Gasteiger partial charge in [-0.25, -0.2) is 0 Å². The van der Waals surface area contributed by atoms with Gasteiger partial charge < -0.3 is 19.2 Å². The van der Waals surface area contributed by atoms with Crippen LogP contribution in [0.3, 0.4) is 0 Å². The lowest BCUT2D eigenvalue weighted by Crippen LogP contribution is -2.28. The molecular weight excluding hydrogens is 398 g/mol. The first-order valence-corrected chi connectivity index (χ1v) is 10.0. The molecule has 2 amide bonds. The molecule has 31 heavy (non-hydrogen) atoms. The van der Waals surface area contributed by atoms with Gasteiger partial charge in [0, 0.05) is 31.5 Å². The summed E-state index contributed by atoms with van der Waals surface area (Å²) in [6, 6.07) is 5.33. The zero-order chi connectivity index (χ0) is 22.7. The molecule has 0 aliphatic carbocycles. The van der Waals surface area contributed by atoms with Crippen molar-refractivity contribution in [1.29, 1.82) is 0 Å². The number of carbonyl (C=O) groups excluding carboxylic acids is 3. The van der Waals surface area contributed by atoms with Crippen LogP contribution in [0.5, 0.6) is 0 Å². The van der Waals surface area contributed by atoms with Crippen LogP contribution in [0.15, 0.2) is 39.4 Å². The highest BCUT2D eigenvalue weighted by Gasteiger charge is 2.22. The number of nitrogens with zero attached hydrogens (tertiary/aromatic N) is 2. The maximum Gasteiger partial charge on any atom is 0.261 e. The predicted molar refractivity (Wildman–Crippen MR) is 117 cm³/mol. The lowest BCUT2D eigenvalue weighted by molar-refractivity contribution is -0.125. The molecule has 0 saturated heterocycles. The van der Waals surface area contributed by atoms with E-state index in [1.165, 1.54) is 13.1 Å². The number of carbonyl (C=O) groups is 3. The Labute approximate surface area is 179 Å². The van der Waals surface area contributed by atoms with Gasteiger partial charge in [0.1, 0.15) is 16.9 Å². The van der Waals surface area contributed by atoms with Crippen LogP contribution in [0.4, 0.5) is 5.69 Å². The Morgan fingerprint density at radius 1 is 1.16 bits per heavy atom. The number of furan rings is 1. The van der Waals surface area contributed by atoms with Gasteiger partial charge in [-0.05, 0) is 51.0 Å². The number of benzene rings is 1. The molecule has 3 aromatic rings. The van der Waals surface area contributed by atoms with Crippen molar-refractivity contribution in [3.05, 3.63) is 53.1 Å². The number of amides is 2. The summed E-state index contributed by atoms with van der Waals surface area (Å²) in [6.45, 7) is 9.94. The fraction of sp³-hybridized carbons (Fsp3) is 0.304. The number of aromatic nitrogens is 1. The number of aryl methyl sites for hydroxylation is 1. The van der Waals surface area contributed by atoms with Crippen molar-refractivity contribution in [3.63, 3.8) is 0 Å². The molecule has 0 saturated carbocycles. The lowest BCUT2D eigenvalue weighted by atomic mass is 10.0. The minimum Gasteiger partial charge on any atom is -0.451 e. The van der Waals surface area contributed by atoms with Crippen molar-refractivity contribution in [2.24, 2.45) is 0 Å². The molecule has 162 valence electrons. The van der Waals surface area contributed by atoms with Gasteiger partial charge in [0.25, 0.3) is 5.91 Å². The number of nitrogens with one attached hydrogen (secondary N) is 1. The molecule has 2 heterocycles. The van der Waals surface area contributed by atoms with E-state index in [9.17, 15) is 14.4 Å². The third kappa shape index (κ3) is 4.42. The molecule has 8 heteroatoms. The fourth-order valence-corrected chi connectivity index (χ4v) is 3.31. The summed E-state index contributed by atoms with van der Waals surface area (Å²) in [5.41, 5.74) is 2.53. The van der Waals surface area contributed by atoms with Gasteiger partial charge in [-0.15, -0.1) is 0 Å². The van der Waals surface area contributed by atoms with Crippen LogP contribution in [-0.2, 0) is 4.79 Å². The second kappa shape index (κ2) is 8.99. The van der Waals surface area contributed by atoms with Crippen LogP contribution in [0.1, 0.15) is 59.9 Å². The Morgan fingerprint density at radius 2 is 1.87 bits per heavy atom. The van der Waals surface area contributed by atoms with Gasteiger partial charge >= 0.3 is 0 Å². The van der Waals surface area contributed by atoms with E-state index in [1.807, 2.05) is 26.8 Å². The highest BCUT2D eigenvalue weighted by Crippen LogP contribution is 2.34. The van der Waals surface area contributed by atoms with Crippen LogP contribution in [0.2, 0.25) is 0 Å². The van der Waals surface area contributed by atoms with Gasteiger partial charge in [0.05, 0.1) is 11.9 Å². The van der Waals surface area contributed by atoms with E-state index in [0.717, 1.165) is 11.1 Å². The number of allylic oxidation sites excluding steroid dienone is 1. The zero-order valence-electron chi connectivity index (χ0n) is 18.2. The van der Waals surface area contributed by atoms with Crippen molar-refractivity contribution in [3.8, 4) is 0 Å². The second-order valence-electron chi connectivity index (χ2n) is 7.16. The van der Waals surface area contributed by atoms with Crippen molar-refractivity contribution in [2.45, 2.75) is 34.6 Å². The van der Waals surface area contributed by atoms with E-state index in [0.29, 0.717) is 29.8 Å². The first-order chi connectivity index (χ1) is 14.8. The van der Waals surface area contributed by atoms with E-state index < -0.39 is 5.91 Å². The summed E-state index contributed by atoms with van der Waals surface area (Å²) in [5, 5.41) is 6.93. The van der Waals surface area contributed by atoms with E-state index in [2.05, 4.69) is 10.5 Å². The summed E-state index contributed by atoms with van der Waals surface area (Å²) in [7, 11) is 0. The van der Waals surface area contributed by atoms with Gasteiger partial charge in [-0.1, -0.05) is 11.2 Å². The molecule has 0 radical (unpaired) electrons. The third-order valence-corrected chi connectivity index (χ3v) is 5.11. The summed E-state index contributed by atoms with van der Waals surface area (Å²) < 4.78 is 10.7. The molecule has 8 nitrogen and oxygen atoms in total. The SMILES string of the molecule is CCN(CC)C(=O)C=C(C)c1ccc2oc(C(C)=O)c(NC(=O)c3cnoc3C)c2c1. The summed E-state index contributed by atoms with van der Waals surface area (Å²) >= 11 is 0. The number of hydrogen-bond acceptors (Lipinski definition) is 6. The molecule has 1 aromatic carbocycles. The highest BCUT2D eigenvalue weighted by atomic mass is 16.5. The normalized spacial score (nSPS) is 11.6. The summed E-state index contributed by atoms with van der Waals surface area (Å²) in [4.78, 5) is 39.0. The quantitative estimate of drug-likeness (QED) is 0.444. The van der Waals surface area contributed by atoms with Crippen LogP contribution >= 0.6 is 0 Å². The Morgan fingerprint density at radius 3 is 2.45 bits per heavy atom. The average Bonchev–Trinajstić information content (AvgIpc) is 3.32. The number of anilines is 1. The number of likely N-dealkylation sites (N-methyl/N-ethyl adjacent to an activating group) is 1. The van der Waals surface area contributed by atoms with E-state index in [4.69, 9.17) is 8.94 Å². The monoisotopic (exact) mass is 423 g/mol. The first-order valence-electron chi connectivity index (χ1n) is 10.0. The minimum atomic E-state index is -0.460. The standard InChI is InChI=1S/C23H25N3O5/c1-6-26(7-2)20(28)10-13(3)16-8-9-19-17(11-16)21(22(30-19)14(4)27)25-23(29)18-12-24-31-15(18)5/h8-12H,6-7H2,1-5H3,(H,25,29). The second-order valence-corrected chi connectivity index (χ2v) is 7.16. The van der Waals surface area contributed by atoms with Crippen LogP contribution < -0.4 is 5.32 Å². The smallest absolute Gasteiger partial charge is 0.261 e. The summed E-state index contributed by atoms with van der Waals surface area (Å²) in [6.07, 6.45) is 2.90. The number of ketones is 1. The third-order valence-electron chi connectivity index (χ3n) is 5.11. The predicted octanol–water partition coefficient (Wildman–Crippen LogP) is 4.46. The maximum atomic E-state index is 12.7. The van der Waals surface area contributed by atoms with Crippen LogP contribution in [0.25, 0.3) is 16.5 Å². The molecule has 0 aliphatic rings. The molecular formula is C23H25N3O5. The average molecular weight is 423 g/mol. The fourth-order valence-electron chi connectivity index (χ4n) is 3.31. The molecule has 0 unspecified atom stereocenters. The topological polar surface area (TPSA) is 106 Å². The van der Waals surface area contributed by atoms with Gasteiger partial charge in [0.2, 0.25) is 5.91 Å². The lowest BCUT2D eigenvalue weighted by Gasteiger charge is -2.16. The van der Waals surface area contributed by atoms with Crippen molar-refractivity contribution in [1.82, 2.24) is 10.1 Å². The van der Waals surface area contributed by atoms with Crippen molar-refractivity contribution >= 4 is 39.8 Å². The number of fused-ring (bicyclic) bond motifs is 1. The van der Waals surface area contributed by atoms with Crippen molar-refractivity contribution in [2.75, 3.05) is 18.4 Å². The maximum absolute atomic E-state index is 12.7. The van der Waals surface area contributed by atoms with Gasteiger partial charge in [-0.3, -0.25) is 14.4 Å². The molecule has 0 bridgehead atoms. The Hall–Kier alpha value is -3.68. The largest absolute Gasteiger partial charge is 0.451 e. The van der Waals surface area contributed by atoms with Crippen LogP contribution in [0, 0.1) is 6.92 Å². The Kier molecular flexibility index (Phi) is 6.39. The minimum absolute atomic E-state index is 0.0513. The molecule has 3 rings (SSSR count). The molecule has 0 aliphatic heterocycles. The zero-order valence-corrected chi connectivity index (χ0v) is 18.2. The molecule has 0 atom stereocenters. The van der Waals surface area contributed by atoms with E-state index in [1.54, 1.807) is 30.0 Å². The molecule has 1 N–H and O–H groups in total. The van der Waals surface area contributed by atoms with E-state index in [-0.39, 0.29) is 28.7 Å². The Bertz CT molecular complexity index is 1180. The summed E-state index contributed by atoms with van der Waals surface area (Å²) in [5.74, 6) is -0.437. The highest BCUT2D eigenvalue weighted by molar-refractivity contribution is 6.15.